The van der Waals surface area contributed by atoms with Gasteiger partial charge in [0, 0.05) is 61.7 Å². The van der Waals surface area contributed by atoms with Crippen LogP contribution in [0.3, 0.4) is 0 Å². The Morgan fingerprint density at radius 1 is 1.29 bits per heavy atom. The van der Waals surface area contributed by atoms with Crippen LogP contribution in [-0.4, -0.2) is 51.9 Å². The second-order valence-electron chi connectivity index (χ2n) is 9.64. The normalized spacial score (nSPS) is 17.7. The molecule has 0 atom stereocenters. The van der Waals surface area contributed by atoms with E-state index in [0.717, 1.165) is 43.2 Å². The Hall–Kier alpha value is -3.10. The van der Waals surface area contributed by atoms with Crippen molar-refractivity contribution in [1.29, 1.82) is 0 Å². The zero-order chi connectivity index (χ0) is 23.4. The Morgan fingerprint density at radius 2 is 2.12 bits per heavy atom. The number of hydrogen-bond acceptors (Lipinski definition) is 5. The highest BCUT2D eigenvalue weighted by atomic mass is 35.5. The molecule has 7 nitrogen and oxygen atoms in total. The second-order valence-corrected chi connectivity index (χ2v) is 10.0. The van der Waals surface area contributed by atoms with Crippen molar-refractivity contribution in [2.75, 3.05) is 31.5 Å². The highest BCUT2D eigenvalue weighted by Gasteiger charge is 2.53. The Kier molecular flexibility index (Phi) is 5.04. The van der Waals surface area contributed by atoms with Gasteiger partial charge in [-0.05, 0) is 37.1 Å². The lowest BCUT2D eigenvalue weighted by Gasteiger charge is -2.58. The molecule has 0 radical (unpaired) electrons. The number of pyridine rings is 1. The second kappa shape index (κ2) is 7.99. The molecule has 1 saturated heterocycles. The van der Waals surface area contributed by atoms with Crippen molar-refractivity contribution in [3.63, 3.8) is 0 Å². The lowest BCUT2D eigenvalue weighted by Crippen LogP contribution is -2.65. The number of nitrogens with one attached hydrogen (secondary N) is 2. The van der Waals surface area contributed by atoms with E-state index in [9.17, 15) is 9.18 Å². The van der Waals surface area contributed by atoms with Crippen molar-refractivity contribution in [3.8, 4) is 5.75 Å². The molecular weight excluding hydrogens is 457 g/mol. The number of anilines is 1. The first-order valence-electron chi connectivity index (χ1n) is 11.4. The first-order valence-corrected chi connectivity index (χ1v) is 11.8. The summed E-state index contributed by atoms with van der Waals surface area (Å²) in [6.07, 6.45) is 5.58. The molecule has 0 unspecified atom stereocenters. The van der Waals surface area contributed by atoms with Crippen molar-refractivity contribution in [1.82, 2.24) is 19.7 Å². The fraction of sp³-hybridized carbons (Fsp3) is 0.360. The van der Waals surface area contributed by atoms with Gasteiger partial charge in [0.25, 0.3) is 5.56 Å². The van der Waals surface area contributed by atoms with E-state index in [1.54, 1.807) is 31.6 Å². The molecule has 2 aliphatic rings. The zero-order valence-electron chi connectivity index (χ0n) is 18.8. The third-order valence-electron chi connectivity index (χ3n) is 7.16. The molecule has 9 heteroatoms. The number of hydrogen-bond donors (Lipinski definition) is 2. The van der Waals surface area contributed by atoms with E-state index in [1.807, 2.05) is 12.1 Å². The number of nitrogens with zero attached hydrogens (tertiary/aromatic N) is 3. The number of likely N-dealkylation sites (tertiary alicyclic amines) is 1. The van der Waals surface area contributed by atoms with E-state index >= 15 is 0 Å². The smallest absolute Gasteiger partial charge is 0.259 e. The van der Waals surface area contributed by atoms with Crippen LogP contribution in [0.15, 0.2) is 47.5 Å². The molecule has 176 valence electrons. The average molecular weight is 482 g/mol. The van der Waals surface area contributed by atoms with E-state index < -0.39 is 0 Å². The van der Waals surface area contributed by atoms with Gasteiger partial charge in [0.05, 0.1) is 33.9 Å². The lowest BCUT2D eigenvalue weighted by molar-refractivity contribution is -0.117. The van der Waals surface area contributed by atoms with E-state index in [4.69, 9.17) is 16.3 Å². The molecule has 4 aromatic rings. The Balaban J connectivity index is 1.01. The Morgan fingerprint density at radius 3 is 2.94 bits per heavy atom. The van der Waals surface area contributed by atoms with Crippen molar-refractivity contribution >= 4 is 39.0 Å². The van der Waals surface area contributed by atoms with Gasteiger partial charge in [-0.2, -0.15) is 5.10 Å². The predicted molar refractivity (Wildman–Crippen MR) is 131 cm³/mol. The maximum absolute atomic E-state index is 14.2. The minimum Gasteiger partial charge on any atom is -0.490 e. The highest BCUT2D eigenvalue weighted by molar-refractivity contribution is 6.35. The maximum atomic E-state index is 14.2. The molecule has 1 spiro atoms. The molecule has 3 heterocycles. The molecule has 1 saturated carbocycles. The van der Waals surface area contributed by atoms with E-state index in [-0.39, 0.29) is 17.5 Å². The molecule has 34 heavy (non-hydrogen) atoms. The van der Waals surface area contributed by atoms with Crippen molar-refractivity contribution in [2.45, 2.75) is 18.9 Å². The summed E-state index contributed by atoms with van der Waals surface area (Å²) in [5.41, 5.74) is 1.39. The van der Waals surface area contributed by atoms with Gasteiger partial charge in [0.2, 0.25) is 0 Å². The third kappa shape index (κ3) is 3.61. The molecular formula is C25H25ClFN5O2. The van der Waals surface area contributed by atoms with E-state index in [2.05, 4.69) is 20.4 Å². The van der Waals surface area contributed by atoms with Crippen LogP contribution < -0.4 is 15.6 Å². The minimum absolute atomic E-state index is 0.120. The fourth-order valence-electron chi connectivity index (χ4n) is 5.43. The molecule has 2 N–H and O–H groups in total. The first kappa shape index (κ1) is 21.4. The molecule has 1 aliphatic heterocycles. The number of aromatic amines is 1. The maximum Gasteiger partial charge on any atom is 0.259 e. The summed E-state index contributed by atoms with van der Waals surface area (Å²) in [6, 6.07) is 8.74. The SMILES string of the molecule is Cn1ccc2c(OC3CC4(C3)CN(CCNc3cc5cn[nH]c5cc3F)C4)ccc(Cl)c2c1=O. The van der Waals surface area contributed by atoms with Crippen LogP contribution in [0.25, 0.3) is 21.7 Å². The summed E-state index contributed by atoms with van der Waals surface area (Å²) in [7, 11) is 1.72. The summed E-state index contributed by atoms with van der Waals surface area (Å²) in [5.74, 6) is 0.442. The van der Waals surface area contributed by atoms with Gasteiger partial charge in [-0.3, -0.25) is 9.89 Å². The number of aromatic nitrogens is 3. The topological polar surface area (TPSA) is 75.2 Å². The number of aryl methyl sites for hydroxylation is 1. The number of rotatable bonds is 6. The van der Waals surface area contributed by atoms with Gasteiger partial charge in [0.1, 0.15) is 11.6 Å². The number of benzene rings is 2. The fourth-order valence-corrected chi connectivity index (χ4v) is 5.67. The zero-order valence-corrected chi connectivity index (χ0v) is 19.5. The number of ether oxygens (including phenoxy) is 1. The summed E-state index contributed by atoms with van der Waals surface area (Å²) in [5, 5.41) is 12.5. The average Bonchev–Trinajstić information content (AvgIpc) is 3.21. The van der Waals surface area contributed by atoms with Crippen LogP contribution >= 0.6 is 11.6 Å². The highest BCUT2D eigenvalue weighted by Crippen LogP contribution is 2.50. The van der Waals surface area contributed by atoms with Gasteiger partial charge in [-0.15, -0.1) is 0 Å². The van der Waals surface area contributed by atoms with E-state index in [1.165, 1.54) is 10.6 Å². The van der Waals surface area contributed by atoms with Crippen LogP contribution in [0, 0.1) is 11.2 Å². The molecule has 1 aliphatic carbocycles. The molecule has 2 fully saturated rings. The van der Waals surface area contributed by atoms with Gasteiger partial charge in [0.15, 0.2) is 0 Å². The van der Waals surface area contributed by atoms with Crippen molar-refractivity contribution in [2.24, 2.45) is 12.5 Å². The van der Waals surface area contributed by atoms with Gasteiger partial charge in [-0.1, -0.05) is 11.6 Å². The monoisotopic (exact) mass is 481 g/mol. The molecule has 0 bridgehead atoms. The molecule has 0 amide bonds. The van der Waals surface area contributed by atoms with Crippen LogP contribution in [0.4, 0.5) is 10.1 Å². The minimum atomic E-state index is -0.275. The summed E-state index contributed by atoms with van der Waals surface area (Å²) >= 11 is 6.29. The lowest BCUT2D eigenvalue weighted by atomic mass is 9.62. The molecule has 6 rings (SSSR count). The van der Waals surface area contributed by atoms with Crippen LogP contribution in [0.1, 0.15) is 12.8 Å². The number of fused-ring (bicyclic) bond motifs is 2. The molecule has 2 aromatic heterocycles. The third-order valence-corrected chi connectivity index (χ3v) is 7.47. The standard InChI is InChI=1S/C25H25ClFN5O2/c1-31-6-4-17-22(3-2-18(26)23(17)24(31)33)34-16-10-25(11-16)13-32(14-25)7-5-28-21-8-15-12-29-30-20(15)9-19(21)27/h2-4,6,8-9,12,16,28H,5,7,10-11,13-14H2,1H3,(H,29,30). The predicted octanol–water partition coefficient (Wildman–Crippen LogP) is 4.16. The Bertz CT molecular complexity index is 1450. The number of halogens is 2. The largest absolute Gasteiger partial charge is 0.490 e. The van der Waals surface area contributed by atoms with Crippen molar-refractivity contribution in [3.05, 3.63) is 63.9 Å². The summed E-state index contributed by atoms with van der Waals surface area (Å²) < 4.78 is 22.0. The van der Waals surface area contributed by atoms with Crippen molar-refractivity contribution < 1.29 is 9.13 Å². The van der Waals surface area contributed by atoms with Crippen LogP contribution in [-0.2, 0) is 7.05 Å². The van der Waals surface area contributed by atoms with Gasteiger partial charge < -0.3 is 19.5 Å². The molecule has 2 aromatic carbocycles. The Labute approximate surface area is 200 Å². The van der Waals surface area contributed by atoms with Gasteiger partial charge in [-0.25, -0.2) is 4.39 Å². The first-order chi connectivity index (χ1) is 16.4. The quantitative estimate of drug-likeness (QED) is 0.432. The van der Waals surface area contributed by atoms with Crippen LogP contribution in [0.5, 0.6) is 5.75 Å². The summed E-state index contributed by atoms with van der Waals surface area (Å²) in [4.78, 5) is 14.9. The van der Waals surface area contributed by atoms with E-state index in [0.29, 0.717) is 39.3 Å². The number of H-pyrrole nitrogens is 1. The van der Waals surface area contributed by atoms with Gasteiger partial charge >= 0.3 is 0 Å². The van der Waals surface area contributed by atoms with Crippen LogP contribution in [0.2, 0.25) is 5.02 Å². The summed E-state index contributed by atoms with van der Waals surface area (Å²) in [6.45, 7) is 3.60.